The molecule has 0 atom stereocenters. The second-order valence-electron chi connectivity index (χ2n) is 6.93. The van der Waals surface area contributed by atoms with Crippen LogP contribution in [0.1, 0.15) is 39.7 Å². The second-order valence-corrected chi connectivity index (χ2v) is 6.93. The fourth-order valence-electron chi connectivity index (χ4n) is 2.98. The molecule has 0 aliphatic rings. The molecule has 1 aromatic heterocycles. The van der Waals surface area contributed by atoms with Gasteiger partial charge in [-0.25, -0.2) is 5.43 Å². The van der Waals surface area contributed by atoms with Crippen LogP contribution in [0.4, 0.5) is 13.2 Å². The first kappa shape index (κ1) is 24.2. The summed E-state index contributed by atoms with van der Waals surface area (Å²) < 4.78 is 45.2. The number of carbonyl (C=O) groups excluding carboxylic acids is 1. The van der Waals surface area contributed by atoms with Crippen molar-refractivity contribution in [3.05, 3.63) is 86.8 Å². The van der Waals surface area contributed by atoms with Crippen LogP contribution in [0.15, 0.2) is 58.4 Å². The Balaban J connectivity index is 1.93. The number of aromatic nitrogens is 2. The van der Waals surface area contributed by atoms with Crippen LogP contribution in [0.3, 0.4) is 0 Å². The van der Waals surface area contributed by atoms with Gasteiger partial charge in [0.25, 0.3) is 11.5 Å². The minimum absolute atomic E-state index is 0.0236. The van der Waals surface area contributed by atoms with E-state index in [0.717, 1.165) is 12.1 Å². The van der Waals surface area contributed by atoms with Crippen molar-refractivity contribution in [2.45, 2.75) is 20.0 Å². The molecule has 3 aromatic rings. The first-order valence-electron chi connectivity index (χ1n) is 9.93. The first-order valence-corrected chi connectivity index (χ1v) is 9.93. The van der Waals surface area contributed by atoms with E-state index in [1.807, 2.05) is 6.92 Å². The number of alkyl halides is 3. The molecule has 0 bridgehead atoms. The Morgan fingerprint density at radius 1 is 1.26 bits per heavy atom. The summed E-state index contributed by atoms with van der Waals surface area (Å²) in [4.78, 5) is 25.3. The van der Waals surface area contributed by atoms with Crippen molar-refractivity contribution in [1.29, 1.82) is 5.26 Å². The number of nitriles is 1. The summed E-state index contributed by atoms with van der Waals surface area (Å²) >= 11 is 0. The maximum absolute atomic E-state index is 13.1. The van der Waals surface area contributed by atoms with Crippen LogP contribution in [0.2, 0.25) is 0 Å². The minimum Gasteiger partial charge on any atom is -0.494 e. The maximum Gasteiger partial charge on any atom is 0.416 e. The van der Waals surface area contributed by atoms with E-state index in [1.54, 1.807) is 30.3 Å². The molecule has 1 heterocycles. The van der Waals surface area contributed by atoms with Crippen molar-refractivity contribution < 1.29 is 22.7 Å². The third-order valence-corrected chi connectivity index (χ3v) is 4.65. The molecular formula is C23H18F3N5O3. The molecule has 8 nitrogen and oxygen atoms in total. The Hall–Kier alpha value is -4.46. The first-order chi connectivity index (χ1) is 16.2. The van der Waals surface area contributed by atoms with E-state index in [1.165, 1.54) is 19.2 Å². The standard InChI is InChI=1S/C23H18F3N5O3/c1-3-34-18-9-7-15(8-10-18)13-28-29-21(32)20-14(2)19(12-27)22(33)31(30-20)17-6-4-5-16(11-17)23(24,25)26/h4-11,13H,3H2,1-2H3,(H,29,32)/b28-13+. The number of hydrogen-bond donors (Lipinski definition) is 1. The molecule has 0 unspecified atom stereocenters. The average Bonchev–Trinajstić information content (AvgIpc) is 2.80. The van der Waals surface area contributed by atoms with Gasteiger partial charge in [-0.1, -0.05) is 6.07 Å². The highest BCUT2D eigenvalue weighted by molar-refractivity contribution is 5.94. The Morgan fingerprint density at radius 3 is 2.59 bits per heavy atom. The second kappa shape index (κ2) is 9.99. The number of hydrazone groups is 1. The fraction of sp³-hybridized carbons (Fsp3) is 0.174. The zero-order valence-electron chi connectivity index (χ0n) is 18.1. The molecule has 34 heavy (non-hydrogen) atoms. The van der Waals surface area contributed by atoms with Gasteiger partial charge in [-0.2, -0.15) is 33.3 Å². The summed E-state index contributed by atoms with van der Waals surface area (Å²) in [7, 11) is 0. The van der Waals surface area contributed by atoms with Crippen molar-refractivity contribution in [3.63, 3.8) is 0 Å². The van der Waals surface area contributed by atoms with Crippen molar-refractivity contribution in [1.82, 2.24) is 15.2 Å². The highest BCUT2D eigenvalue weighted by Crippen LogP contribution is 2.30. The Bertz CT molecular complexity index is 1340. The van der Waals surface area contributed by atoms with Crippen LogP contribution in [0, 0.1) is 18.3 Å². The molecule has 1 amide bonds. The van der Waals surface area contributed by atoms with Gasteiger partial charge in [0.15, 0.2) is 5.69 Å². The van der Waals surface area contributed by atoms with Gasteiger partial charge in [0, 0.05) is 5.56 Å². The number of rotatable bonds is 6. The summed E-state index contributed by atoms with van der Waals surface area (Å²) in [5.41, 5.74) is -0.0921. The van der Waals surface area contributed by atoms with E-state index >= 15 is 0 Å². The van der Waals surface area contributed by atoms with Gasteiger partial charge in [0.05, 0.1) is 24.1 Å². The predicted octanol–water partition coefficient (Wildman–Crippen LogP) is 3.59. The molecule has 0 aliphatic heterocycles. The van der Waals surface area contributed by atoms with Crippen LogP contribution in [-0.4, -0.2) is 28.5 Å². The SMILES string of the molecule is CCOc1ccc(/C=N/NC(=O)c2nn(-c3cccc(C(F)(F)F)c3)c(=O)c(C#N)c2C)cc1. The summed E-state index contributed by atoms with van der Waals surface area (Å²) in [5.74, 6) is -0.179. The van der Waals surface area contributed by atoms with Gasteiger partial charge in [0.2, 0.25) is 0 Å². The number of hydrogen-bond acceptors (Lipinski definition) is 6. The molecule has 3 rings (SSSR count). The van der Waals surface area contributed by atoms with Gasteiger partial charge in [-0.05, 0) is 61.9 Å². The average molecular weight is 469 g/mol. The monoisotopic (exact) mass is 469 g/mol. The van der Waals surface area contributed by atoms with Gasteiger partial charge in [-0.3, -0.25) is 9.59 Å². The Labute approximate surface area is 191 Å². The molecule has 0 fully saturated rings. The molecule has 1 N–H and O–H groups in total. The molecule has 0 radical (unpaired) electrons. The molecule has 0 saturated carbocycles. The van der Waals surface area contributed by atoms with Crippen LogP contribution in [-0.2, 0) is 6.18 Å². The van der Waals surface area contributed by atoms with Gasteiger partial charge in [-0.15, -0.1) is 0 Å². The predicted molar refractivity (Wildman–Crippen MR) is 117 cm³/mol. The molecule has 11 heteroatoms. The van der Waals surface area contributed by atoms with Crippen LogP contribution in [0.5, 0.6) is 5.75 Å². The van der Waals surface area contributed by atoms with E-state index in [4.69, 9.17) is 4.74 Å². The Kier molecular flexibility index (Phi) is 7.11. The van der Waals surface area contributed by atoms with E-state index in [9.17, 15) is 28.0 Å². The van der Waals surface area contributed by atoms with Crippen LogP contribution < -0.4 is 15.7 Å². The fourth-order valence-corrected chi connectivity index (χ4v) is 2.98. The highest BCUT2D eigenvalue weighted by Gasteiger charge is 2.31. The van der Waals surface area contributed by atoms with Crippen molar-refractivity contribution in [3.8, 4) is 17.5 Å². The van der Waals surface area contributed by atoms with E-state index in [2.05, 4.69) is 15.6 Å². The van der Waals surface area contributed by atoms with Gasteiger partial charge in [0.1, 0.15) is 17.4 Å². The van der Waals surface area contributed by atoms with E-state index in [-0.39, 0.29) is 16.9 Å². The lowest BCUT2D eigenvalue weighted by atomic mass is 10.1. The molecule has 0 saturated heterocycles. The number of nitrogens with zero attached hydrogens (tertiary/aromatic N) is 4. The summed E-state index contributed by atoms with van der Waals surface area (Å²) in [6.45, 7) is 3.71. The molecular weight excluding hydrogens is 451 g/mol. The Morgan fingerprint density at radius 2 is 1.97 bits per heavy atom. The minimum atomic E-state index is -4.65. The largest absolute Gasteiger partial charge is 0.494 e. The third kappa shape index (κ3) is 5.29. The summed E-state index contributed by atoms with van der Waals surface area (Å²) in [6.07, 6.45) is -3.30. The lowest BCUT2D eigenvalue weighted by molar-refractivity contribution is -0.137. The molecule has 0 aliphatic carbocycles. The third-order valence-electron chi connectivity index (χ3n) is 4.65. The number of carbonyl (C=O) groups is 1. The lowest BCUT2D eigenvalue weighted by Gasteiger charge is -2.12. The van der Waals surface area contributed by atoms with Crippen molar-refractivity contribution in [2.24, 2.45) is 5.10 Å². The normalized spacial score (nSPS) is 11.3. The zero-order valence-corrected chi connectivity index (χ0v) is 18.1. The van der Waals surface area contributed by atoms with Crippen LogP contribution >= 0.6 is 0 Å². The molecule has 0 spiro atoms. The topological polar surface area (TPSA) is 109 Å². The van der Waals surface area contributed by atoms with Gasteiger partial charge < -0.3 is 4.74 Å². The summed E-state index contributed by atoms with van der Waals surface area (Å²) in [6, 6.07) is 12.4. The smallest absolute Gasteiger partial charge is 0.416 e. The number of amides is 1. The lowest BCUT2D eigenvalue weighted by Crippen LogP contribution is -2.31. The van der Waals surface area contributed by atoms with Crippen molar-refractivity contribution in [2.75, 3.05) is 6.61 Å². The highest BCUT2D eigenvalue weighted by atomic mass is 19.4. The van der Waals surface area contributed by atoms with E-state index in [0.29, 0.717) is 28.7 Å². The zero-order chi connectivity index (χ0) is 24.9. The maximum atomic E-state index is 13.1. The number of nitrogens with one attached hydrogen (secondary N) is 1. The number of ether oxygens (including phenoxy) is 1. The van der Waals surface area contributed by atoms with Crippen molar-refractivity contribution >= 4 is 12.1 Å². The summed E-state index contributed by atoms with van der Waals surface area (Å²) in [5, 5.41) is 17.2. The quantitative estimate of drug-likeness (QED) is 0.438. The van der Waals surface area contributed by atoms with E-state index < -0.39 is 28.8 Å². The van der Waals surface area contributed by atoms with Crippen LogP contribution in [0.25, 0.3) is 5.69 Å². The molecule has 174 valence electrons. The number of halogens is 3. The number of benzene rings is 2. The van der Waals surface area contributed by atoms with Gasteiger partial charge >= 0.3 is 6.18 Å². The molecule has 2 aromatic carbocycles.